The number of alkyl halides is 2. The first-order chi connectivity index (χ1) is 6.41. The average molecular weight is 259 g/mol. The van der Waals surface area contributed by atoms with Gasteiger partial charge in [-0.25, -0.2) is 4.39 Å². The molecule has 13 heavy (non-hydrogen) atoms. The average Bonchev–Trinajstić information content (AvgIpc) is 2.16. The molecule has 0 N–H and O–H groups in total. The lowest BCUT2D eigenvalue weighted by molar-refractivity contribution is 0.0151. The van der Waals surface area contributed by atoms with E-state index in [1.807, 2.05) is 0 Å². The van der Waals surface area contributed by atoms with Gasteiger partial charge in [0, 0.05) is 5.33 Å². The Morgan fingerprint density at radius 1 is 0.769 bits per heavy atom. The molecule has 0 aliphatic rings. The van der Waals surface area contributed by atoms with Crippen LogP contribution in [0.25, 0.3) is 0 Å². The molecule has 0 saturated carbocycles. The summed E-state index contributed by atoms with van der Waals surface area (Å²) in [5.74, 6) is 0. The van der Waals surface area contributed by atoms with E-state index in [2.05, 4.69) is 15.9 Å². The summed E-state index contributed by atoms with van der Waals surface area (Å²) in [6, 6.07) is 0. The van der Waals surface area contributed by atoms with Gasteiger partial charge in [0.1, 0.15) is 6.67 Å². The van der Waals surface area contributed by atoms with Crippen LogP contribution in [0.2, 0.25) is 0 Å². The Bertz CT molecular complexity index is 85.5. The van der Waals surface area contributed by atoms with Crippen LogP contribution in [0.4, 0.5) is 4.39 Å². The van der Waals surface area contributed by atoms with Crippen molar-refractivity contribution in [3.8, 4) is 0 Å². The van der Waals surface area contributed by atoms with Crippen molar-refractivity contribution < 1.29 is 18.6 Å². The van der Waals surface area contributed by atoms with Gasteiger partial charge in [0.25, 0.3) is 0 Å². The van der Waals surface area contributed by atoms with Crippen LogP contribution in [0.5, 0.6) is 0 Å². The van der Waals surface area contributed by atoms with Crippen molar-refractivity contribution in [2.75, 3.05) is 51.6 Å². The lowest BCUT2D eigenvalue weighted by Gasteiger charge is -2.04. The van der Waals surface area contributed by atoms with Crippen molar-refractivity contribution in [1.82, 2.24) is 0 Å². The Balaban J connectivity index is 2.76. The highest BCUT2D eigenvalue weighted by molar-refractivity contribution is 9.09. The molecule has 0 fully saturated rings. The number of hydrogen-bond acceptors (Lipinski definition) is 3. The smallest absolute Gasteiger partial charge is 0.113 e. The van der Waals surface area contributed by atoms with Gasteiger partial charge in [-0.3, -0.25) is 0 Å². The molecule has 0 bridgehead atoms. The third-order valence-corrected chi connectivity index (χ3v) is 1.51. The van der Waals surface area contributed by atoms with E-state index in [1.54, 1.807) is 0 Å². The Morgan fingerprint density at radius 3 is 1.69 bits per heavy atom. The van der Waals surface area contributed by atoms with Gasteiger partial charge in [-0.2, -0.15) is 0 Å². The lowest BCUT2D eigenvalue weighted by Crippen LogP contribution is -2.10. The van der Waals surface area contributed by atoms with Crippen molar-refractivity contribution >= 4 is 15.9 Å². The topological polar surface area (TPSA) is 27.7 Å². The van der Waals surface area contributed by atoms with E-state index in [0.717, 1.165) is 5.33 Å². The Hall–Kier alpha value is 0.290. The van der Waals surface area contributed by atoms with Crippen LogP contribution in [0.15, 0.2) is 0 Å². The van der Waals surface area contributed by atoms with Gasteiger partial charge in [0.15, 0.2) is 0 Å². The summed E-state index contributed by atoms with van der Waals surface area (Å²) in [5, 5.41) is 0.840. The van der Waals surface area contributed by atoms with Crippen LogP contribution in [-0.2, 0) is 14.2 Å². The summed E-state index contributed by atoms with van der Waals surface area (Å²) in [4.78, 5) is 0. The largest absolute Gasteiger partial charge is 0.378 e. The Labute approximate surface area is 86.7 Å². The van der Waals surface area contributed by atoms with Crippen LogP contribution in [0, 0.1) is 0 Å². The van der Waals surface area contributed by atoms with Crippen molar-refractivity contribution in [3.05, 3.63) is 0 Å². The minimum absolute atomic E-state index is 0.156. The van der Waals surface area contributed by atoms with Gasteiger partial charge in [-0.1, -0.05) is 15.9 Å². The number of hydrogen-bond donors (Lipinski definition) is 0. The summed E-state index contributed by atoms with van der Waals surface area (Å²) in [7, 11) is 0. The van der Waals surface area contributed by atoms with E-state index in [0.29, 0.717) is 33.0 Å². The van der Waals surface area contributed by atoms with E-state index < -0.39 is 6.67 Å². The standard InChI is InChI=1S/C8H16BrFO3/c9-1-3-11-5-7-13-8-6-12-4-2-10/h1-8H2. The first-order valence-corrected chi connectivity index (χ1v) is 5.39. The quantitative estimate of drug-likeness (QED) is 0.438. The molecule has 0 amide bonds. The van der Waals surface area contributed by atoms with Crippen molar-refractivity contribution in [3.63, 3.8) is 0 Å². The van der Waals surface area contributed by atoms with Crippen molar-refractivity contribution in [1.29, 1.82) is 0 Å². The Kier molecular flexibility index (Phi) is 12.6. The molecule has 0 heterocycles. The maximum Gasteiger partial charge on any atom is 0.113 e. The second-order valence-electron chi connectivity index (χ2n) is 2.22. The first-order valence-electron chi connectivity index (χ1n) is 4.27. The van der Waals surface area contributed by atoms with Crippen molar-refractivity contribution in [2.45, 2.75) is 0 Å². The molecule has 0 radical (unpaired) electrons. The minimum atomic E-state index is -0.436. The number of rotatable bonds is 10. The molecule has 0 rings (SSSR count). The summed E-state index contributed by atoms with van der Waals surface area (Å²) in [5.41, 5.74) is 0. The molecule has 0 aromatic heterocycles. The zero-order valence-electron chi connectivity index (χ0n) is 7.64. The van der Waals surface area contributed by atoms with E-state index in [9.17, 15) is 4.39 Å². The van der Waals surface area contributed by atoms with Gasteiger partial charge in [-0.15, -0.1) is 0 Å². The summed E-state index contributed by atoms with van der Waals surface area (Å²) in [6.07, 6.45) is 0. The molecule has 80 valence electrons. The first kappa shape index (κ1) is 13.3. The molecule has 5 heteroatoms. The van der Waals surface area contributed by atoms with Gasteiger partial charge in [0.2, 0.25) is 0 Å². The molecule has 0 aliphatic heterocycles. The van der Waals surface area contributed by atoms with Gasteiger partial charge in [0.05, 0.1) is 39.6 Å². The van der Waals surface area contributed by atoms with E-state index in [-0.39, 0.29) is 6.61 Å². The van der Waals surface area contributed by atoms with Crippen molar-refractivity contribution in [2.24, 2.45) is 0 Å². The number of ether oxygens (including phenoxy) is 3. The Morgan fingerprint density at radius 2 is 1.23 bits per heavy atom. The predicted molar refractivity (Wildman–Crippen MR) is 52.2 cm³/mol. The fourth-order valence-electron chi connectivity index (χ4n) is 0.651. The van der Waals surface area contributed by atoms with E-state index in [1.165, 1.54) is 0 Å². The fourth-order valence-corrected chi connectivity index (χ4v) is 0.880. The molecule has 0 atom stereocenters. The molecular weight excluding hydrogens is 243 g/mol. The van der Waals surface area contributed by atoms with Gasteiger partial charge < -0.3 is 14.2 Å². The predicted octanol–water partition coefficient (Wildman–Crippen LogP) is 1.40. The zero-order chi connectivity index (χ0) is 9.78. The highest BCUT2D eigenvalue weighted by Crippen LogP contribution is 1.83. The summed E-state index contributed by atoms with van der Waals surface area (Å²) in [6.45, 7) is 2.51. The molecule has 0 unspecified atom stereocenters. The molecule has 3 nitrogen and oxygen atoms in total. The van der Waals surface area contributed by atoms with Gasteiger partial charge in [-0.05, 0) is 0 Å². The maximum atomic E-state index is 11.5. The molecule has 0 aromatic rings. The van der Waals surface area contributed by atoms with Crippen LogP contribution >= 0.6 is 15.9 Å². The molecule has 0 aliphatic carbocycles. The number of halogens is 2. The SMILES string of the molecule is FCCOCCOCCOCCBr. The molecule has 0 aromatic carbocycles. The zero-order valence-corrected chi connectivity index (χ0v) is 9.22. The molecule has 0 spiro atoms. The summed E-state index contributed by atoms with van der Waals surface area (Å²) < 4.78 is 26.7. The second-order valence-corrected chi connectivity index (χ2v) is 3.01. The normalized spacial score (nSPS) is 10.6. The van der Waals surface area contributed by atoms with Gasteiger partial charge >= 0.3 is 0 Å². The summed E-state index contributed by atoms with van der Waals surface area (Å²) >= 11 is 3.24. The second kappa shape index (κ2) is 12.3. The minimum Gasteiger partial charge on any atom is -0.378 e. The van der Waals surface area contributed by atoms with Crippen LogP contribution in [0.1, 0.15) is 0 Å². The third kappa shape index (κ3) is 12.3. The lowest BCUT2D eigenvalue weighted by atomic mass is 10.7. The van der Waals surface area contributed by atoms with Crippen LogP contribution in [0.3, 0.4) is 0 Å². The fraction of sp³-hybridized carbons (Fsp3) is 1.00. The van der Waals surface area contributed by atoms with E-state index in [4.69, 9.17) is 14.2 Å². The highest BCUT2D eigenvalue weighted by atomic mass is 79.9. The van der Waals surface area contributed by atoms with Crippen LogP contribution < -0.4 is 0 Å². The monoisotopic (exact) mass is 258 g/mol. The molecular formula is C8H16BrFO3. The van der Waals surface area contributed by atoms with Crippen LogP contribution in [-0.4, -0.2) is 51.6 Å². The molecule has 0 saturated heterocycles. The van der Waals surface area contributed by atoms with E-state index >= 15 is 0 Å². The maximum absolute atomic E-state index is 11.5. The third-order valence-electron chi connectivity index (χ3n) is 1.19. The highest BCUT2D eigenvalue weighted by Gasteiger charge is 1.90.